The number of aliphatic hydroxyl groups is 2. The van der Waals surface area contributed by atoms with Crippen LogP contribution in [0.1, 0.15) is 40.0 Å². The molecular weight excluding hydrogens is 194 g/mol. The molecule has 15 heavy (non-hydrogen) atoms. The Balaban J connectivity index is 2.37. The van der Waals surface area contributed by atoms with Gasteiger partial charge >= 0.3 is 0 Å². The van der Waals surface area contributed by atoms with Gasteiger partial charge in [-0.1, -0.05) is 6.92 Å². The fourth-order valence-electron chi connectivity index (χ4n) is 1.55. The molecule has 4 nitrogen and oxygen atoms in total. The molecule has 4 heteroatoms. The Morgan fingerprint density at radius 3 is 2.40 bits per heavy atom. The van der Waals surface area contributed by atoms with E-state index in [1.807, 2.05) is 25.7 Å². The summed E-state index contributed by atoms with van der Waals surface area (Å²) < 4.78 is 5.56. The van der Waals surface area contributed by atoms with Crippen LogP contribution in [0, 0.1) is 0 Å². The van der Waals surface area contributed by atoms with E-state index in [1.165, 1.54) is 0 Å². The van der Waals surface area contributed by atoms with E-state index in [2.05, 4.69) is 0 Å². The Morgan fingerprint density at radius 2 is 1.93 bits per heavy atom. The van der Waals surface area contributed by atoms with Gasteiger partial charge in [-0.25, -0.2) is 0 Å². The molecule has 0 aliphatic carbocycles. The summed E-state index contributed by atoms with van der Waals surface area (Å²) in [6.45, 7) is 7.36. The predicted molar refractivity (Wildman–Crippen MR) is 58.3 cm³/mol. The number of hydrogen-bond acceptors (Lipinski definition) is 4. The van der Waals surface area contributed by atoms with Crippen molar-refractivity contribution in [2.75, 3.05) is 13.1 Å². The Morgan fingerprint density at radius 1 is 1.40 bits per heavy atom. The Bertz CT molecular complexity index is 188. The SMILES string of the molecule is CCC(C)(C)OC(O)N1CCC(O)CC1. The maximum atomic E-state index is 9.85. The second kappa shape index (κ2) is 5.25. The first-order valence-electron chi connectivity index (χ1n) is 5.72. The van der Waals surface area contributed by atoms with Crippen molar-refractivity contribution in [3.63, 3.8) is 0 Å². The van der Waals surface area contributed by atoms with Crippen LogP contribution < -0.4 is 0 Å². The molecule has 1 unspecified atom stereocenters. The van der Waals surface area contributed by atoms with Crippen molar-refractivity contribution in [2.45, 2.75) is 58.2 Å². The average molecular weight is 217 g/mol. The van der Waals surface area contributed by atoms with E-state index in [0.29, 0.717) is 25.9 Å². The third-order valence-corrected chi connectivity index (χ3v) is 3.09. The van der Waals surface area contributed by atoms with Crippen molar-refractivity contribution < 1.29 is 14.9 Å². The zero-order valence-electron chi connectivity index (χ0n) is 9.94. The number of hydrogen-bond donors (Lipinski definition) is 2. The van der Waals surface area contributed by atoms with E-state index in [4.69, 9.17) is 4.74 Å². The van der Waals surface area contributed by atoms with Crippen molar-refractivity contribution >= 4 is 0 Å². The number of ether oxygens (including phenoxy) is 1. The van der Waals surface area contributed by atoms with E-state index >= 15 is 0 Å². The first-order valence-corrected chi connectivity index (χ1v) is 5.72. The number of piperidine rings is 1. The van der Waals surface area contributed by atoms with Crippen LogP contribution in [0.4, 0.5) is 0 Å². The first-order chi connectivity index (χ1) is 6.94. The Hall–Kier alpha value is -0.160. The fourth-order valence-corrected chi connectivity index (χ4v) is 1.55. The summed E-state index contributed by atoms with van der Waals surface area (Å²) in [5.74, 6) is 0. The molecule has 0 aromatic rings. The van der Waals surface area contributed by atoms with Gasteiger partial charge in [0.25, 0.3) is 0 Å². The number of rotatable bonds is 4. The number of nitrogens with zero attached hydrogens (tertiary/aromatic N) is 1. The van der Waals surface area contributed by atoms with Crippen LogP contribution in [0.2, 0.25) is 0 Å². The van der Waals surface area contributed by atoms with Crippen LogP contribution in [0.25, 0.3) is 0 Å². The van der Waals surface area contributed by atoms with E-state index in [1.54, 1.807) is 0 Å². The highest BCUT2D eigenvalue weighted by Gasteiger charge is 2.27. The van der Waals surface area contributed by atoms with Crippen molar-refractivity contribution in [2.24, 2.45) is 0 Å². The predicted octanol–water partition coefficient (Wildman–Crippen LogP) is 0.924. The molecule has 0 spiro atoms. The summed E-state index contributed by atoms with van der Waals surface area (Å²) in [4.78, 5) is 1.87. The summed E-state index contributed by atoms with van der Waals surface area (Å²) >= 11 is 0. The van der Waals surface area contributed by atoms with Gasteiger partial charge in [0.1, 0.15) is 0 Å². The summed E-state index contributed by atoms with van der Waals surface area (Å²) in [7, 11) is 0. The normalized spacial score (nSPS) is 23.0. The lowest BCUT2D eigenvalue weighted by molar-refractivity contribution is -0.249. The van der Waals surface area contributed by atoms with E-state index in [9.17, 15) is 10.2 Å². The van der Waals surface area contributed by atoms with Crippen LogP contribution in [-0.2, 0) is 4.74 Å². The summed E-state index contributed by atoms with van der Waals surface area (Å²) in [5.41, 5.74) is -0.296. The minimum Gasteiger partial charge on any atom is -0.393 e. The Labute approximate surface area is 91.8 Å². The summed E-state index contributed by atoms with van der Waals surface area (Å²) in [6.07, 6.45) is 1.24. The number of aliphatic hydroxyl groups excluding tert-OH is 2. The lowest BCUT2D eigenvalue weighted by Gasteiger charge is -2.36. The van der Waals surface area contributed by atoms with Gasteiger partial charge in [0.05, 0.1) is 11.7 Å². The molecule has 0 aromatic carbocycles. The Kier molecular flexibility index (Phi) is 4.52. The van der Waals surface area contributed by atoms with Gasteiger partial charge in [-0.15, -0.1) is 0 Å². The summed E-state index contributed by atoms with van der Waals surface area (Å²) in [6, 6.07) is 0. The molecule has 1 aliphatic heterocycles. The molecule has 1 atom stereocenters. The molecule has 1 fully saturated rings. The van der Waals surface area contributed by atoms with Gasteiger partial charge in [-0.3, -0.25) is 4.90 Å². The lowest BCUT2D eigenvalue weighted by atomic mass is 10.1. The molecule has 1 saturated heterocycles. The van der Waals surface area contributed by atoms with Gasteiger partial charge in [-0.2, -0.15) is 0 Å². The van der Waals surface area contributed by atoms with Gasteiger partial charge in [0.15, 0.2) is 0 Å². The summed E-state index contributed by atoms with van der Waals surface area (Å²) in [5, 5.41) is 19.2. The standard InChI is InChI=1S/C11H23NO3/c1-4-11(2,3)15-10(14)12-7-5-9(13)6-8-12/h9-10,13-14H,4-8H2,1-3H3. The van der Waals surface area contributed by atoms with Crippen LogP contribution in [0.3, 0.4) is 0 Å². The molecule has 2 N–H and O–H groups in total. The molecule has 90 valence electrons. The van der Waals surface area contributed by atoms with Crippen molar-refractivity contribution in [1.82, 2.24) is 4.90 Å². The third-order valence-electron chi connectivity index (χ3n) is 3.09. The zero-order chi connectivity index (χ0) is 11.5. The first kappa shape index (κ1) is 12.9. The molecule has 1 rings (SSSR count). The van der Waals surface area contributed by atoms with Crippen molar-refractivity contribution in [3.8, 4) is 0 Å². The largest absolute Gasteiger partial charge is 0.393 e. The molecule has 0 radical (unpaired) electrons. The molecular formula is C11H23NO3. The highest BCUT2D eigenvalue weighted by atomic mass is 16.6. The lowest BCUT2D eigenvalue weighted by Crippen LogP contribution is -2.47. The molecule has 0 bridgehead atoms. The smallest absolute Gasteiger partial charge is 0.216 e. The highest BCUT2D eigenvalue weighted by Crippen LogP contribution is 2.19. The third kappa shape index (κ3) is 4.07. The molecule has 1 aliphatic rings. The van der Waals surface area contributed by atoms with Crippen LogP contribution in [0.15, 0.2) is 0 Å². The second-order valence-electron chi connectivity index (χ2n) is 4.82. The van der Waals surface area contributed by atoms with Crippen molar-refractivity contribution in [1.29, 1.82) is 0 Å². The zero-order valence-corrected chi connectivity index (χ0v) is 9.94. The van der Waals surface area contributed by atoms with E-state index < -0.39 is 6.41 Å². The minimum atomic E-state index is -0.840. The van der Waals surface area contributed by atoms with Crippen LogP contribution >= 0.6 is 0 Å². The van der Waals surface area contributed by atoms with Gasteiger partial charge in [0, 0.05) is 13.1 Å². The van der Waals surface area contributed by atoms with Crippen LogP contribution in [0.5, 0.6) is 0 Å². The maximum absolute atomic E-state index is 9.85. The highest BCUT2D eigenvalue weighted by molar-refractivity contribution is 4.72. The van der Waals surface area contributed by atoms with Gasteiger partial charge in [-0.05, 0) is 33.1 Å². The quantitative estimate of drug-likeness (QED) is 0.688. The van der Waals surface area contributed by atoms with Gasteiger partial charge < -0.3 is 14.9 Å². The van der Waals surface area contributed by atoms with E-state index in [-0.39, 0.29) is 11.7 Å². The fraction of sp³-hybridized carbons (Fsp3) is 1.00. The molecule has 0 saturated carbocycles. The molecule has 0 aromatic heterocycles. The van der Waals surface area contributed by atoms with Crippen molar-refractivity contribution in [3.05, 3.63) is 0 Å². The monoisotopic (exact) mass is 217 g/mol. The topological polar surface area (TPSA) is 52.9 Å². The second-order valence-corrected chi connectivity index (χ2v) is 4.82. The molecule has 1 heterocycles. The van der Waals surface area contributed by atoms with Crippen LogP contribution in [-0.4, -0.2) is 46.3 Å². The van der Waals surface area contributed by atoms with E-state index in [0.717, 1.165) is 6.42 Å². The minimum absolute atomic E-state index is 0.215. The number of likely N-dealkylation sites (tertiary alicyclic amines) is 1. The van der Waals surface area contributed by atoms with Gasteiger partial charge in [0.2, 0.25) is 6.41 Å². The average Bonchev–Trinajstić information content (AvgIpc) is 2.18. The maximum Gasteiger partial charge on any atom is 0.216 e. The molecule has 0 amide bonds.